The summed E-state index contributed by atoms with van der Waals surface area (Å²) in [7, 11) is 0. The highest BCUT2D eigenvalue weighted by Crippen LogP contribution is 2.27. The Morgan fingerprint density at radius 3 is 2.63 bits per heavy atom. The number of rotatable bonds is 2. The van der Waals surface area contributed by atoms with Crippen LogP contribution < -0.4 is 5.32 Å². The van der Waals surface area contributed by atoms with Gasteiger partial charge in [-0.2, -0.15) is 0 Å². The molecule has 0 bridgehead atoms. The summed E-state index contributed by atoms with van der Waals surface area (Å²) < 4.78 is 0.680. The van der Waals surface area contributed by atoms with Gasteiger partial charge in [-0.1, -0.05) is 35.3 Å². The van der Waals surface area contributed by atoms with Crippen molar-refractivity contribution in [1.29, 1.82) is 0 Å². The highest BCUT2D eigenvalue weighted by molar-refractivity contribution is 9.10. The molecule has 1 N–H and O–H groups in total. The molecule has 0 aliphatic rings. The van der Waals surface area contributed by atoms with Crippen LogP contribution in [0.4, 0.5) is 5.69 Å². The van der Waals surface area contributed by atoms with Crippen LogP contribution in [0.3, 0.4) is 0 Å². The minimum Gasteiger partial charge on any atom is -0.320 e. The van der Waals surface area contributed by atoms with Crippen molar-refractivity contribution in [1.82, 2.24) is 0 Å². The van der Waals surface area contributed by atoms with E-state index in [-0.39, 0.29) is 5.91 Å². The molecule has 0 aliphatic carbocycles. The Kier molecular flexibility index (Phi) is 4.50. The van der Waals surface area contributed by atoms with Crippen molar-refractivity contribution in [2.24, 2.45) is 0 Å². The van der Waals surface area contributed by atoms with E-state index in [0.29, 0.717) is 25.8 Å². The van der Waals surface area contributed by atoms with Gasteiger partial charge in [0.15, 0.2) is 0 Å². The average Bonchev–Trinajstić information content (AvgIpc) is 2.37. The molecule has 0 aromatic heterocycles. The SMILES string of the molecule is Cc1cccc(Cl)c1NC(=O)c1cc(Cl)ccc1Br. The molecule has 0 spiro atoms. The molecular weight excluding hydrogens is 349 g/mol. The Morgan fingerprint density at radius 2 is 1.95 bits per heavy atom. The predicted molar refractivity (Wildman–Crippen MR) is 83.3 cm³/mol. The van der Waals surface area contributed by atoms with Gasteiger partial charge in [0.2, 0.25) is 0 Å². The first kappa shape index (κ1) is 14.4. The molecule has 2 aromatic carbocycles. The second-order valence-electron chi connectivity index (χ2n) is 4.01. The highest BCUT2D eigenvalue weighted by atomic mass is 79.9. The fourth-order valence-corrected chi connectivity index (χ4v) is 2.51. The van der Waals surface area contributed by atoms with E-state index < -0.39 is 0 Å². The van der Waals surface area contributed by atoms with Crippen molar-refractivity contribution in [2.75, 3.05) is 5.32 Å². The maximum atomic E-state index is 12.2. The van der Waals surface area contributed by atoms with Crippen LogP contribution in [0.1, 0.15) is 15.9 Å². The Balaban J connectivity index is 2.34. The van der Waals surface area contributed by atoms with Crippen molar-refractivity contribution in [2.45, 2.75) is 6.92 Å². The lowest BCUT2D eigenvalue weighted by molar-refractivity contribution is 0.102. The Labute approximate surface area is 129 Å². The number of benzene rings is 2. The number of halogens is 3. The minimum atomic E-state index is -0.259. The van der Waals surface area contributed by atoms with Gasteiger partial charge in [-0.05, 0) is 52.7 Å². The molecule has 0 unspecified atom stereocenters. The quantitative estimate of drug-likeness (QED) is 0.773. The maximum absolute atomic E-state index is 12.2. The fraction of sp³-hybridized carbons (Fsp3) is 0.0714. The Hall–Kier alpha value is -1.03. The van der Waals surface area contributed by atoms with Gasteiger partial charge in [-0.25, -0.2) is 0 Å². The van der Waals surface area contributed by atoms with Crippen LogP contribution in [0.5, 0.6) is 0 Å². The largest absolute Gasteiger partial charge is 0.320 e. The molecule has 2 rings (SSSR count). The number of hydrogen-bond donors (Lipinski definition) is 1. The van der Waals surface area contributed by atoms with Gasteiger partial charge < -0.3 is 5.32 Å². The number of nitrogens with one attached hydrogen (secondary N) is 1. The summed E-state index contributed by atoms with van der Waals surface area (Å²) in [6.07, 6.45) is 0. The molecule has 0 saturated heterocycles. The van der Waals surface area contributed by atoms with Crippen LogP contribution in [0.15, 0.2) is 40.9 Å². The maximum Gasteiger partial charge on any atom is 0.256 e. The second-order valence-corrected chi connectivity index (χ2v) is 5.71. The van der Waals surface area contributed by atoms with Crippen molar-refractivity contribution in [3.63, 3.8) is 0 Å². The van der Waals surface area contributed by atoms with Gasteiger partial charge in [0.05, 0.1) is 16.3 Å². The smallest absolute Gasteiger partial charge is 0.256 e. The number of amides is 1. The molecular formula is C14H10BrCl2NO. The third-order valence-corrected chi connectivity index (χ3v) is 3.88. The van der Waals surface area contributed by atoms with Gasteiger partial charge in [0.25, 0.3) is 5.91 Å². The van der Waals surface area contributed by atoms with E-state index in [2.05, 4.69) is 21.2 Å². The molecule has 2 aromatic rings. The van der Waals surface area contributed by atoms with Gasteiger partial charge in [-0.15, -0.1) is 0 Å². The van der Waals surface area contributed by atoms with Crippen LogP contribution in [0.2, 0.25) is 10.0 Å². The number of aryl methyl sites for hydroxylation is 1. The molecule has 98 valence electrons. The standard InChI is InChI=1S/C14H10BrCl2NO/c1-8-3-2-4-12(17)13(8)18-14(19)10-7-9(16)5-6-11(10)15/h2-7H,1H3,(H,18,19). The first-order valence-corrected chi connectivity index (χ1v) is 7.05. The third-order valence-electron chi connectivity index (χ3n) is 2.63. The molecule has 0 saturated carbocycles. The van der Waals surface area contributed by atoms with E-state index in [9.17, 15) is 4.79 Å². The molecule has 2 nitrogen and oxygen atoms in total. The molecule has 19 heavy (non-hydrogen) atoms. The van der Waals surface area contributed by atoms with Crippen LogP contribution in [0.25, 0.3) is 0 Å². The van der Waals surface area contributed by atoms with Crippen molar-refractivity contribution in [3.8, 4) is 0 Å². The summed E-state index contributed by atoms with van der Waals surface area (Å²) in [5.74, 6) is -0.259. The van der Waals surface area contributed by atoms with Gasteiger partial charge in [-0.3, -0.25) is 4.79 Å². The lowest BCUT2D eigenvalue weighted by Gasteiger charge is -2.11. The van der Waals surface area contributed by atoms with E-state index in [1.807, 2.05) is 19.1 Å². The lowest BCUT2D eigenvalue weighted by atomic mass is 10.1. The van der Waals surface area contributed by atoms with Crippen LogP contribution in [-0.4, -0.2) is 5.91 Å². The summed E-state index contributed by atoms with van der Waals surface area (Å²) in [6.45, 7) is 1.88. The summed E-state index contributed by atoms with van der Waals surface area (Å²) >= 11 is 15.3. The Morgan fingerprint density at radius 1 is 1.21 bits per heavy atom. The fourth-order valence-electron chi connectivity index (χ4n) is 1.64. The second kappa shape index (κ2) is 5.95. The van der Waals surface area contributed by atoms with E-state index in [1.165, 1.54) is 0 Å². The zero-order valence-electron chi connectivity index (χ0n) is 10.0. The summed E-state index contributed by atoms with van der Waals surface area (Å²) in [5.41, 5.74) is 1.98. The minimum absolute atomic E-state index is 0.259. The van der Waals surface area contributed by atoms with Crippen molar-refractivity contribution in [3.05, 3.63) is 62.0 Å². The molecule has 0 radical (unpaired) electrons. The lowest BCUT2D eigenvalue weighted by Crippen LogP contribution is -2.13. The van der Waals surface area contributed by atoms with Gasteiger partial charge in [0, 0.05) is 9.50 Å². The normalized spacial score (nSPS) is 10.3. The van der Waals surface area contributed by atoms with E-state index in [4.69, 9.17) is 23.2 Å². The Bertz CT molecular complexity index is 623. The molecule has 0 fully saturated rings. The number of carbonyl (C=O) groups excluding carboxylic acids is 1. The highest BCUT2D eigenvalue weighted by Gasteiger charge is 2.13. The monoisotopic (exact) mass is 357 g/mol. The molecule has 0 heterocycles. The molecule has 0 aliphatic heterocycles. The zero-order chi connectivity index (χ0) is 14.0. The summed E-state index contributed by atoms with van der Waals surface area (Å²) in [6, 6.07) is 10.5. The van der Waals surface area contributed by atoms with E-state index >= 15 is 0 Å². The predicted octanol–water partition coefficient (Wildman–Crippen LogP) is 5.32. The topological polar surface area (TPSA) is 29.1 Å². The molecule has 5 heteroatoms. The van der Waals surface area contributed by atoms with Crippen molar-refractivity contribution < 1.29 is 4.79 Å². The third kappa shape index (κ3) is 3.30. The summed E-state index contributed by atoms with van der Waals surface area (Å²) in [4.78, 5) is 12.2. The number of hydrogen-bond acceptors (Lipinski definition) is 1. The first-order chi connectivity index (χ1) is 8.99. The van der Waals surface area contributed by atoms with Crippen LogP contribution in [-0.2, 0) is 0 Å². The van der Waals surface area contributed by atoms with E-state index in [0.717, 1.165) is 5.56 Å². The first-order valence-electron chi connectivity index (χ1n) is 5.50. The molecule has 0 atom stereocenters. The molecule has 1 amide bonds. The van der Waals surface area contributed by atoms with Crippen LogP contribution in [0, 0.1) is 6.92 Å². The number of para-hydroxylation sites is 1. The van der Waals surface area contributed by atoms with Crippen molar-refractivity contribution >= 4 is 50.7 Å². The number of carbonyl (C=O) groups is 1. The summed E-state index contributed by atoms with van der Waals surface area (Å²) in [5, 5.41) is 3.81. The van der Waals surface area contributed by atoms with Gasteiger partial charge in [0.1, 0.15) is 0 Å². The zero-order valence-corrected chi connectivity index (χ0v) is 13.1. The van der Waals surface area contributed by atoms with Crippen LogP contribution >= 0.6 is 39.1 Å². The van der Waals surface area contributed by atoms with Gasteiger partial charge >= 0.3 is 0 Å². The number of anilines is 1. The van der Waals surface area contributed by atoms with E-state index in [1.54, 1.807) is 24.3 Å². The average molecular weight is 359 g/mol.